The number of benzene rings is 1. The fourth-order valence-corrected chi connectivity index (χ4v) is 2.48. The van der Waals surface area contributed by atoms with Crippen LogP contribution < -0.4 is 5.32 Å². The lowest BCUT2D eigenvalue weighted by atomic mass is 10.2. The predicted octanol–water partition coefficient (Wildman–Crippen LogP) is 3.65. The van der Waals surface area contributed by atoms with E-state index in [9.17, 15) is 0 Å². The summed E-state index contributed by atoms with van der Waals surface area (Å²) in [7, 11) is 0. The first-order valence-electron chi connectivity index (χ1n) is 6.64. The first-order chi connectivity index (χ1) is 10.2. The highest BCUT2D eigenvalue weighted by atomic mass is 79.9. The van der Waals surface area contributed by atoms with Gasteiger partial charge in [0.05, 0.1) is 11.6 Å². The Morgan fingerprint density at radius 2 is 2.19 bits per heavy atom. The van der Waals surface area contributed by atoms with Gasteiger partial charge in [-0.05, 0) is 24.6 Å². The van der Waals surface area contributed by atoms with Gasteiger partial charge in [-0.2, -0.15) is 4.98 Å². The summed E-state index contributed by atoms with van der Waals surface area (Å²) in [5, 5.41) is 8.30. The Labute approximate surface area is 130 Å². The molecule has 0 saturated heterocycles. The highest BCUT2D eigenvalue weighted by molar-refractivity contribution is 9.10. The number of aromatic nitrogens is 4. The average Bonchev–Trinajstić information content (AvgIpc) is 2.91. The molecule has 1 atom stereocenters. The van der Waals surface area contributed by atoms with E-state index < -0.39 is 0 Å². The fraction of sp³-hybridized carbons (Fsp3) is 0.286. The second-order valence-corrected chi connectivity index (χ2v) is 5.58. The van der Waals surface area contributed by atoms with E-state index in [1.165, 1.54) is 0 Å². The summed E-state index contributed by atoms with van der Waals surface area (Å²) < 4.78 is 6.03. The molecule has 0 aliphatic heterocycles. The van der Waals surface area contributed by atoms with Crippen molar-refractivity contribution in [3.63, 3.8) is 0 Å². The molecule has 0 fully saturated rings. The third-order valence-electron chi connectivity index (χ3n) is 3.17. The summed E-state index contributed by atoms with van der Waals surface area (Å²) in [6, 6.07) is 5.84. The molecule has 2 heterocycles. The lowest BCUT2D eigenvalue weighted by Crippen LogP contribution is -2.13. The SMILES string of the molecule is CCC(Nc1ncnc2ccc(Br)cc12)c1noc(C)n1. The minimum absolute atomic E-state index is 0.0560. The second-order valence-electron chi connectivity index (χ2n) is 4.66. The van der Waals surface area contributed by atoms with E-state index >= 15 is 0 Å². The average molecular weight is 348 g/mol. The van der Waals surface area contributed by atoms with Crippen LogP contribution >= 0.6 is 15.9 Å². The smallest absolute Gasteiger partial charge is 0.223 e. The molecule has 0 amide bonds. The third-order valence-corrected chi connectivity index (χ3v) is 3.66. The summed E-state index contributed by atoms with van der Waals surface area (Å²) in [6.45, 7) is 3.84. The van der Waals surface area contributed by atoms with E-state index in [4.69, 9.17) is 4.52 Å². The standard InChI is InChI=1S/C14H14BrN5O/c1-3-11(14-18-8(2)21-20-14)19-13-10-6-9(15)4-5-12(10)16-7-17-13/h4-7,11H,3H2,1-2H3,(H,16,17,19). The highest BCUT2D eigenvalue weighted by Crippen LogP contribution is 2.27. The van der Waals surface area contributed by atoms with Gasteiger partial charge < -0.3 is 9.84 Å². The number of aryl methyl sites for hydroxylation is 1. The van der Waals surface area contributed by atoms with Crippen LogP contribution in [-0.2, 0) is 0 Å². The molecular formula is C14H14BrN5O. The van der Waals surface area contributed by atoms with Crippen molar-refractivity contribution in [2.45, 2.75) is 26.3 Å². The zero-order valence-corrected chi connectivity index (χ0v) is 13.3. The number of hydrogen-bond donors (Lipinski definition) is 1. The minimum atomic E-state index is -0.0560. The van der Waals surface area contributed by atoms with Gasteiger partial charge in [0.25, 0.3) is 0 Å². The number of fused-ring (bicyclic) bond motifs is 1. The number of hydrogen-bond acceptors (Lipinski definition) is 6. The van der Waals surface area contributed by atoms with E-state index in [2.05, 4.69) is 48.3 Å². The predicted molar refractivity (Wildman–Crippen MR) is 82.9 cm³/mol. The number of halogens is 1. The van der Waals surface area contributed by atoms with Crippen LogP contribution in [0.25, 0.3) is 10.9 Å². The van der Waals surface area contributed by atoms with Gasteiger partial charge in [0.2, 0.25) is 5.89 Å². The zero-order chi connectivity index (χ0) is 14.8. The molecule has 0 aliphatic rings. The van der Waals surface area contributed by atoms with Crippen molar-refractivity contribution in [2.24, 2.45) is 0 Å². The molecule has 0 radical (unpaired) electrons. The fourth-order valence-electron chi connectivity index (χ4n) is 2.11. The lowest BCUT2D eigenvalue weighted by molar-refractivity contribution is 0.384. The summed E-state index contributed by atoms with van der Waals surface area (Å²) in [5.41, 5.74) is 0.884. The van der Waals surface area contributed by atoms with Crippen molar-refractivity contribution in [2.75, 3.05) is 5.32 Å². The Kier molecular flexibility index (Phi) is 3.83. The summed E-state index contributed by atoms with van der Waals surface area (Å²) in [4.78, 5) is 12.9. The number of nitrogens with one attached hydrogen (secondary N) is 1. The van der Waals surface area contributed by atoms with Crippen molar-refractivity contribution >= 4 is 32.7 Å². The molecule has 0 saturated carbocycles. The first-order valence-corrected chi connectivity index (χ1v) is 7.43. The Balaban J connectivity index is 1.98. The van der Waals surface area contributed by atoms with Gasteiger partial charge in [-0.15, -0.1) is 0 Å². The Bertz CT molecular complexity index is 773. The molecule has 0 aliphatic carbocycles. The van der Waals surface area contributed by atoms with Crippen LogP contribution in [0.4, 0.5) is 5.82 Å². The molecule has 1 N–H and O–H groups in total. The molecule has 3 rings (SSSR count). The van der Waals surface area contributed by atoms with Crippen LogP contribution in [-0.4, -0.2) is 20.1 Å². The van der Waals surface area contributed by atoms with Crippen LogP contribution in [0.3, 0.4) is 0 Å². The van der Waals surface area contributed by atoms with E-state index in [0.717, 1.165) is 27.6 Å². The van der Waals surface area contributed by atoms with Crippen LogP contribution in [0, 0.1) is 6.92 Å². The van der Waals surface area contributed by atoms with E-state index in [1.807, 2.05) is 18.2 Å². The Hall–Kier alpha value is -2.02. The van der Waals surface area contributed by atoms with Gasteiger partial charge >= 0.3 is 0 Å². The summed E-state index contributed by atoms with van der Waals surface area (Å²) >= 11 is 3.48. The maximum atomic E-state index is 5.05. The van der Waals surface area contributed by atoms with Gasteiger partial charge in [0, 0.05) is 16.8 Å². The van der Waals surface area contributed by atoms with Crippen molar-refractivity contribution in [3.05, 3.63) is 40.7 Å². The van der Waals surface area contributed by atoms with Crippen LogP contribution in [0.2, 0.25) is 0 Å². The van der Waals surface area contributed by atoms with Crippen molar-refractivity contribution in [1.82, 2.24) is 20.1 Å². The van der Waals surface area contributed by atoms with Crippen LogP contribution in [0.1, 0.15) is 31.1 Å². The van der Waals surface area contributed by atoms with Crippen molar-refractivity contribution < 1.29 is 4.52 Å². The van der Waals surface area contributed by atoms with Crippen LogP contribution in [0.15, 0.2) is 33.5 Å². The molecule has 1 unspecified atom stereocenters. The highest BCUT2D eigenvalue weighted by Gasteiger charge is 2.17. The van der Waals surface area contributed by atoms with E-state index in [0.29, 0.717) is 11.7 Å². The molecule has 0 spiro atoms. The largest absolute Gasteiger partial charge is 0.359 e. The van der Waals surface area contributed by atoms with E-state index in [-0.39, 0.29) is 6.04 Å². The van der Waals surface area contributed by atoms with Gasteiger partial charge in [0.1, 0.15) is 12.1 Å². The molecule has 2 aromatic heterocycles. The summed E-state index contributed by atoms with van der Waals surface area (Å²) in [5.74, 6) is 1.95. The molecule has 3 aromatic rings. The molecule has 6 nitrogen and oxygen atoms in total. The lowest BCUT2D eigenvalue weighted by Gasteiger charge is -2.15. The normalized spacial score (nSPS) is 12.5. The molecular weight excluding hydrogens is 334 g/mol. The Morgan fingerprint density at radius 3 is 2.90 bits per heavy atom. The minimum Gasteiger partial charge on any atom is -0.359 e. The summed E-state index contributed by atoms with van der Waals surface area (Å²) in [6.07, 6.45) is 2.37. The molecule has 108 valence electrons. The van der Waals surface area contributed by atoms with Gasteiger partial charge in [0.15, 0.2) is 5.82 Å². The molecule has 21 heavy (non-hydrogen) atoms. The number of anilines is 1. The van der Waals surface area contributed by atoms with E-state index in [1.54, 1.807) is 13.3 Å². The van der Waals surface area contributed by atoms with Gasteiger partial charge in [-0.1, -0.05) is 28.0 Å². The van der Waals surface area contributed by atoms with Crippen molar-refractivity contribution in [3.8, 4) is 0 Å². The number of nitrogens with zero attached hydrogens (tertiary/aromatic N) is 4. The topological polar surface area (TPSA) is 76.7 Å². The second kappa shape index (κ2) is 5.77. The zero-order valence-electron chi connectivity index (χ0n) is 11.7. The molecule has 1 aromatic carbocycles. The quantitative estimate of drug-likeness (QED) is 0.776. The third kappa shape index (κ3) is 2.87. The monoisotopic (exact) mass is 347 g/mol. The van der Waals surface area contributed by atoms with Crippen molar-refractivity contribution in [1.29, 1.82) is 0 Å². The maximum absolute atomic E-state index is 5.05. The molecule has 7 heteroatoms. The van der Waals surface area contributed by atoms with Gasteiger partial charge in [-0.25, -0.2) is 9.97 Å². The van der Waals surface area contributed by atoms with Gasteiger partial charge in [-0.3, -0.25) is 0 Å². The Morgan fingerprint density at radius 1 is 1.33 bits per heavy atom. The first kappa shape index (κ1) is 13.9. The molecule has 0 bridgehead atoms. The maximum Gasteiger partial charge on any atom is 0.223 e. The van der Waals surface area contributed by atoms with Crippen LogP contribution in [0.5, 0.6) is 0 Å². The number of rotatable bonds is 4.